The first kappa shape index (κ1) is 14.9. The SMILES string of the molecule is Cc1cccc(C(=O)C(C)CCCC(C)N)c1C. The third-order valence-corrected chi connectivity index (χ3v) is 3.61. The lowest BCUT2D eigenvalue weighted by atomic mass is 9.90. The highest BCUT2D eigenvalue weighted by atomic mass is 16.1. The topological polar surface area (TPSA) is 43.1 Å². The second-order valence-electron chi connectivity index (χ2n) is 5.42. The number of ketones is 1. The van der Waals surface area contributed by atoms with Crippen molar-refractivity contribution >= 4 is 5.78 Å². The van der Waals surface area contributed by atoms with Crippen LogP contribution in [-0.2, 0) is 0 Å². The Labute approximate surface area is 111 Å². The molecule has 0 spiro atoms. The number of carbonyl (C=O) groups excluding carboxylic acids is 1. The summed E-state index contributed by atoms with van der Waals surface area (Å²) in [6.07, 6.45) is 2.94. The number of hydrogen-bond donors (Lipinski definition) is 1. The van der Waals surface area contributed by atoms with Crippen molar-refractivity contribution in [3.63, 3.8) is 0 Å². The molecule has 0 bridgehead atoms. The van der Waals surface area contributed by atoms with E-state index >= 15 is 0 Å². The molecule has 2 heteroatoms. The van der Waals surface area contributed by atoms with Gasteiger partial charge in [-0.3, -0.25) is 4.79 Å². The normalized spacial score (nSPS) is 14.3. The largest absolute Gasteiger partial charge is 0.328 e. The molecule has 0 aliphatic carbocycles. The summed E-state index contributed by atoms with van der Waals surface area (Å²) in [4.78, 5) is 12.4. The maximum absolute atomic E-state index is 12.4. The Morgan fingerprint density at radius 2 is 1.89 bits per heavy atom. The maximum atomic E-state index is 12.4. The Balaban J connectivity index is 2.66. The second kappa shape index (κ2) is 6.69. The molecular formula is C16H25NO. The van der Waals surface area contributed by atoms with Gasteiger partial charge in [0.1, 0.15) is 0 Å². The van der Waals surface area contributed by atoms with Crippen LogP contribution in [0.15, 0.2) is 18.2 Å². The van der Waals surface area contributed by atoms with E-state index in [0.717, 1.165) is 30.4 Å². The minimum atomic E-state index is 0.0873. The first-order valence-electron chi connectivity index (χ1n) is 6.79. The van der Waals surface area contributed by atoms with Gasteiger partial charge in [-0.25, -0.2) is 0 Å². The molecule has 100 valence electrons. The van der Waals surface area contributed by atoms with Crippen LogP contribution in [0.1, 0.15) is 54.6 Å². The summed E-state index contributed by atoms with van der Waals surface area (Å²) in [5, 5.41) is 0. The first-order chi connectivity index (χ1) is 8.43. The summed E-state index contributed by atoms with van der Waals surface area (Å²) >= 11 is 0. The van der Waals surface area contributed by atoms with E-state index in [0.29, 0.717) is 0 Å². The number of carbonyl (C=O) groups is 1. The Morgan fingerprint density at radius 1 is 1.22 bits per heavy atom. The molecule has 0 amide bonds. The van der Waals surface area contributed by atoms with Crippen LogP contribution in [0.5, 0.6) is 0 Å². The van der Waals surface area contributed by atoms with E-state index in [1.54, 1.807) is 0 Å². The van der Waals surface area contributed by atoms with Gasteiger partial charge >= 0.3 is 0 Å². The lowest BCUT2D eigenvalue weighted by Crippen LogP contribution is -2.17. The average Bonchev–Trinajstić information content (AvgIpc) is 2.31. The van der Waals surface area contributed by atoms with E-state index in [1.807, 2.05) is 45.9 Å². The Kier molecular flexibility index (Phi) is 5.54. The molecule has 2 unspecified atom stereocenters. The summed E-state index contributed by atoms with van der Waals surface area (Å²) < 4.78 is 0. The first-order valence-corrected chi connectivity index (χ1v) is 6.79. The van der Waals surface area contributed by atoms with Crippen molar-refractivity contribution in [1.82, 2.24) is 0 Å². The summed E-state index contributed by atoms with van der Waals surface area (Å²) in [5.74, 6) is 0.352. The zero-order valence-corrected chi connectivity index (χ0v) is 12.0. The zero-order valence-electron chi connectivity index (χ0n) is 12.0. The second-order valence-corrected chi connectivity index (χ2v) is 5.42. The van der Waals surface area contributed by atoms with Gasteiger partial charge in [-0.1, -0.05) is 31.5 Å². The van der Waals surface area contributed by atoms with Crippen molar-refractivity contribution in [2.75, 3.05) is 0 Å². The van der Waals surface area contributed by atoms with Crippen LogP contribution in [0.2, 0.25) is 0 Å². The van der Waals surface area contributed by atoms with Crippen LogP contribution < -0.4 is 5.73 Å². The molecule has 2 nitrogen and oxygen atoms in total. The summed E-state index contributed by atoms with van der Waals surface area (Å²) in [6, 6.07) is 6.18. The van der Waals surface area contributed by atoms with Gasteiger partial charge < -0.3 is 5.73 Å². The molecule has 0 radical (unpaired) electrons. The molecule has 0 aliphatic heterocycles. The third-order valence-electron chi connectivity index (χ3n) is 3.61. The van der Waals surface area contributed by atoms with Crippen molar-refractivity contribution in [3.8, 4) is 0 Å². The molecular weight excluding hydrogens is 222 g/mol. The van der Waals surface area contributed by atoms with Crippen molar-refractivity contribution in [2.45, 2.75) is 53.0 Å². The van der Waals surface area contributed by atoms with E-state index in [2.05, 4.69) is 0 Å². The lowest BCUT2D eigenvalue weighted by molar-refractivity contribution is 0.0921. The van der Waals surface area contributed by atoms with E-state index in [-0.39, 0.29) is 17.7 Å². The van der Waals surface area contributed by atoms with Crippen LogP contribution in [-0.4, -0.2) is 11.8 Å². The standard InChI is InChI=1S/C16H25NO/c1-11-7-6-10-15(14(11)4)16(18)12(2)8-5-9-13(3)17/h6-7,10,12-13H,5,8-9,17H2,1-4H3. The minimum Gasteiger partial charge on any atom is -0.328 e. The monoisotopic (exact) mass is 247 g/mol. The smallest absolute Gasteiger partial charge is 0.165 e. The molecule has 2 atom stereocenters. The molecule has 18 heavy (non-hydrogen) atoms. The van der Waals surface area contributed by atoms with Gasteiger partial charge in [0.05, 0.1) is 0 Å². The quantitative estimate of drug-likeness (QED) is 0.780. The van der Waals surface area contributed by atoms with Crippen LogP contribution in [0.3, 0.4) is 0 Å². The van der Waals surface area contributed by atoms with Crippen LogP contribution in [0.4, 0.5) is 0 Å². The Hall–Kier alpha value is -1.15. The maximum Gasteiger partial charge on any atom is 0.165 e. The van der Waals surface area contributed by atoms with Crippen LogP contribution in [0, 0.1) is 19.8 Å². The number of nitrogens with two attached hydrogens (primary N) is 1. The fourth-order valence-corrected chi connectivity index (χ4v) is 2.16. The molecule has 0 aromatic heterocycles. The molecule has 1 aromatic rings. The fraction of sp³-hybridized carbons (Fsp3) is 0.562. The van der Waals surface area contributed by atoms with Crippen molar-refractivity contribution in [1.29, 1.82) is 0 Å². The number of Topliss-reactive ketones (excluding diaryl/α,β-unsaturated/α-hetero) is 1. The Morgan fingerprint density at radius 3 is 2.50 bits per heavy atom. The molecule has 0 saturated carbocycles. The lowest BCUT2D eigenvalue weighted by Gasteiger charge is -2.14. The van der Waals surface area contributed by atoms with Gasteiger partial charge in [-0.2, -0.15) is 0 Å². The highest BCUT2D eigenvalue weighted by molar-refractivity contribution is 5.99. The van der Waals surface area contributed by atoms with Gasteiger partial charge in [-0.05, 0) is 44.7 Å². The molecule has 0 aliphatic rings. The van der Waals surface area contributed by atoms with E-state index in [1.165, 1.54) is 5.56 Å². The minimum absolute atomic E-state index is 0.0873. The van der Waals surface area contributed by atoms with E-state index in [4.69, 9.17) is 5.73 Å². The zero-order chi connectivity index (χ0) is 13.7. The summed E-state index contributed by atoms with van der Waals surface area (Å²) in [5.41, 5.74) is 8.90. The van der Waals surface area contributed by atoms with Crippen molar-refractivity contribution < 1.29 is 4.79 Å². The molecule has 0 fully saturated rings. The molecule has 0 heterocycles. The van der Waals surface area contributed by atoms with Gasteiger partial charge in [0, 0.05) is 17.5 Å². The average molecular weight is 247 g/mol. The number of benzene rings is 1. The van der Waals surface area contributed by atoms with E-state index in [9.17, 15) is 4.79 Å². The molecule has 1 aromatic carbocycles. The van der Waals surface area contributed by atoms with Gasteiger partial charge in [0.2, 0.25) is 0 Å². The predicted molar refractivity (Wildman–Crippen MR) is 76.9 cm³/mol. The molecule has 2 N–H and O–H groups in total. The van der Waals surface area contributed by atoms with Crippen molar-refractivity contribution in [3.05, 3.63) is 34.9 Å². The van der Waals surface area contributed by atoms with Gasteiger partial charge in [0.15, 0.2) is 5.78 Å². The van der Waals surface area contributed by atoms with Crippen molar-refractivity contribution in [2.24, 2.45) is 11.7 Å². The predicted octanol–water partition coefficient (Wildman–Crippen LogP) is 3.64. The summed E-state index contributed by atoms with van der Waals surface area (Å²) in [6.45, 7) is 8.10. The molecule has 0 saturated heterocycles. The number of aryl methyl sites for hydroxylation is 1. The number of rotatable bonds is 6. The Bertz CT molecular complexity index is 410. The number of hydrogen-bond acceptors (Lipinski definition) is 2. The highest BCUT2D eigenvalue weighted by Crippen LogP contribution is 2.20. The fourth-order valence-electron chi connectivity index (χ4n) is 2.16. The van der Waals surface area contributed by atoms with Gasteiger partial charge in [0.25, 0.3) is 0 Å². The van der Waals surface area contributed by atoms with Crippen LogP contribution >= 0.6 is 0 Å². The van der Waals surface area contributed by atoms with E-state index < -0.39 is 0 Å². The summed E-state index contributed by atoms with van der Waals surface area (Å²) in [7, 11) is 0. The molecule has 1 rings (SSSR count). The third kappa shape index (κ3) is 3.95. The highest BCUT2D eigenvalue weighted by Gasteiger charge is 2.17. The van der Waals surface area contributed by atoms with Crippen LogP contribution in [0.25, 0.3) is 0 Å². The van der Waals surface area contributed by atoms with Gasteiger partial charge in [-0.15, -0.1) is 0 Å².